The SMILES string of the molecule is C=CC(=O)N1CC[C@H](C(=O)N(C)C(C(=O)N[C@H]2Cc3cc(O)cc(c3)-c3ccc4c(c3)c(c(-c3ccc(CN(C)C)cc3COC)n4CC)CC(C)(C)COC(=O)[C@@H]3CCCN(N3)C2=O)C(C)C)C1. The lowest BCUT2D eigenvalue weighted by Gasteiger charge is -2.37. The summed E-state index contributed by atoms with van der Waals surface area (Å²) in [6.07, 6.45) is 3.20. The molecule has 7 rings (SSSR count). The summed E-state index contributed by atoms with van der Waals surface area (Å²) in [6, 6.07) is 15.2. The number of aromatic hydroxyl groups is 1. The fourth-order valence-electron chi connectivity index (χ4n) is 10.5. The Kier molecular flexibility index (Phi) is 15.7. The molecule has 2 fully saturated rings. The molecular formula is C54H71N7O8. The molecule has 0 radical (unpaired) electrons. The van der Waals surface area contributed by atoms with Gasteiger partial charge in [0.25, 0.3) is 5.91 Å². The number of nitrogens with zero attached hydrogens (tertiary/aromatic N) is 5. The highest BCUT2D eigenvalue weighted by molar-refractivity contribution is 5.96. The zero-order valence-corrected chi connectivity index (χ0v) is 41.9. The molecule has 1 aromatic heterocycles. The number of fused-ring (bicyclic) bond motifs is 6. The zero-order valence-electron chi connectivity index (χ0n) is 41.9. The maximum atomic E-state index is 14.8. The van der Waals surface area contributed by atoms with Gasteiger partial charge in [-0.3, -0.25) is 29.0 Å². The summed E-state index contributed by atoms with van der Waals surface area (Å²) in [5.74, 6) is -2.83. The number of rotatable bonds is 12. The lowest BCUT2D eigenvalue weighted by atomic mass is 9.83. The second kappa shape index (κ2) is 21.3. The number of hydrogen-bond acceptors (Lipinski definition) is 10. The first kappa shape index (κ1) is 50.8. The van der Waals surface area contributed by atoms with E-state index in [4.69, 9.17) is 9.47 Å². The Morgan fingerprint density at radius 1 is 1.03 bits per heavy atom. The Morgan fingerprint density at radius 2 is 1.80 bits per heavy atom. The summed E-state index contributed by atoms with van der Waals surface area (Å²) in [6.45, 7) is 16.5. The maximum Gasteiger partial charge on any atom is 0.324 e. The molecule has 3 aliphatic heterocycles. The molecule has 0 saturated carbocycles. The molecule has 15 heteroatoms. The topological polar surface area (TPSA) is 166 Å². The number of likely N-dealkylation sites (tertiary alicyclic amines) is 1. The second-order valence-electron chi connectivity index (χ2n) is 20.5. The van der Waals surface area contributed by atoms with Crippen molar-refractivity contribution in [2.24, 2.45) is 17.3 Å². The molecule has 2 saturated heterocycles. The number of phenolic OH excluding ortho intramolecular Hbond substituents is 1. The number of carbonyl (C=O) groups excluding carboxylic acids is 5. The van der Waals surface area contributed by atoms with Gasteiger partial charge >= 0.3 is 5.97 Å². The minimum atomic E-state index is -1.16. The van der Waals surface area contributed by atoms with Crippen LogP contribution in [0.25, 0.3) is 33.3 Å². The van der Waals surface area contributed by atoms with Gasteiger partial charge in [-0.05, 0) is 116 Å². The first-order valence-corrected chi connectivity index (χ1v) is 24.3. The smallest absolute Gasteiger partial charge is 0.324 e. The van der Waals surface area contributed by atoms with Crippen molar-refractivity contribution in [2.45, 2.75) is 105 Å². The van der Waals surface area contributed by atoms with Crippen molar-refractivity contribution in [3.8, 4) is 28.1 Å². The van der Waals surface area contributed by atoms with E-state index in [0.717, 1.165) is 51.0 Å². The van der Waals surface area contributed by atoms with Crippen LogP contribution in [-0.2, 0) is 66.0 Å². The molecule has 370 valence electrons. The van der Waals surface area contributed by atoms with Crippen LogP contribution in [0, 0.1) is 17.3 Å². The predicted octanol–water partition coefficient (Wildman–Crippen LogP) is 6.07. The van der Waals surface area contributed by atoms with Gasteiger partial charge in [0.2, 0.25) is 17.7 Å². The Morgan fingerprint density at radius 3 is 2.49 bits per heavy atom. The number of benzene rings is 3. The molecule has 4 aromatic rings. The highest BCUT2D eigenvalue weighted by Gasteiger charge is 2.40. The minimum Gasteiger partial charge on any atom is -0.508 e. The summed E-state index contributed by atoms with van der Waals surface area (Å²) in [5.41, 5.74) is 11.3. The number of nitrogens with one attached hydrogen (secondary N) is 2. The van der Waals surface area contributed by atoms with E-state index < -0.39 is 47.2 Å². The average molecular weight is 946 g/mol. The number of phenols is 1. The van der Waals surface area contributed by atoms with Crippen molar-refractivity contribution < 1.29 is 38.6 Å². The van der Waals surface area contributed by atoms with Gasteiger partial charge < -0.3 is 39.2 Å². The highest BCUT2D eigenvalue weighted by Crippen LogP contribution is 2.42. The van der Waals surface area contributed by atoms with Gasteiger partial charge in [-0.2, -0.15) is 0 Å². The lowest BCUT2D eigenvalue weighted by Crippen LogP contribution is -2.62. The molecule has 4 amide bonds. The molecule has 1 unspecified atom stereocenters. The van der Waals surface area contributed by atoms with Crippen LogP contribution >= 0.6 is 0 Å². The Hall–Kier alpha value is -6.03. The van der Waals surface area contributed by atoms with Crippen molar-refractivity contribution in [1.82, 2.24) is 35.0 Å². The van der Waals surface area contributed by atoms with E-state index in [1.54, 1.807) is 31.2 Å². The number of hydrazine groups is 1. The molecule has 3 aromatic carbocycles. The van der Waals surface area contributed by atoms with Crippen LogP contribution in [0.15, 0.2) is 67.3 Å². The molecule has 4 heterocycles. The fraction of sp³-hybridized carbons (Fsp3) is 0.500. The largest absolute Gasteiger partial charge is 0.508 e. The standard InChI is InChI=1S/C54H71N7O8/c1-11-47(63)59-21-19-37(30-59)51(65)58(9)48(33(3)4)50(64)55-45-25-35-23-38(26-40(62)24-35)36-16-18-46-42(27-36)43(28-54(5,6)32-69-53(67)44-14-13-20-61(56-44)52(45)66)49(60(46)12-2)41-17-15-34(29-57(7)8)22-39(41)31-68-10/h11,15-18,22-24,26-27,33,37,44-45,48,56,62H,1,12-14,19-21,25,28-32H2,2-10H3,(H,55,64)/t37-,44-,45-,48?/m0/s1. The van der Waals surface area contributed by atoms with Crippen molar-refractivity contribution in [3.05, 3.63) is 89.5 Å². The van der Waals surface area contributed by atoms with Crippen LogP contribution in [0.4, 0.5) is 0 Å². The molecule has 15 nitrogen and oxygen atoms in total. The second-order valence-corrected chi connectivity index (χ2v) is 20.5. The van der Waals surface area contributed by atoms with E-state index in [0.29, 0.717) is 50.9 Å². The van der Waals surface area contributed by atoms with Crippen molar-refractivity contribution in [1.29, 1.82) is 0 Å². The molecule has 3 N–H and O–H groups in total. The number of ether oxygens (including phenoxy) is 2. The van der Waals surface area contributed by atoms with Crippen LogP contribution in [0.5, 0.6) is 5.75 Å². The highest BCUT2D eigenvalue weighted by atomic mass is 16.5. The Labute approximate surface area is 406 Å². The third-order valence-corrected chi connectivity index (χ3v) is 13.8. The number of likely N-dealkylation sites (N-methyl/N-ethyl adjacent to an activating group) is 1. The summed E-state index contributed by atoms with van der Waals surface area (Å²) in [4.78, 5) is 74.7. The van der Waals surface area contributed by atoms with Gasteiger partial charge in [-0.1, -0.05) is 64.6 Å². The van der Waals surface area contributed by atoms with Crippen molar-refractivity contribution in [2.75, 3.05) is 54.5 Å². The van der Waals surface area contributed by atoms with Gasteiger partial charge in [0.05, 0.1) is 24.8 Å². The molecule has 6 bridgehead atoms. The summed E-state index contributed by atoms with van der Waals surface area (Å²) in [7, 11) is 7.40. The van der Waals surface area contributed by atoms with Crippen molar-refractivity contribution >= 4 is 40.5 Å². The molecule has 69 heavy (non-hydrogen) atoms. The third kappa shape index (κ3) is 11.2. The van der Waals surface area contributed by atoms with E-state index >= 15 is 0 Å². The average Bonchev–Trinajstić information content (AvgIpc) is 3.92. The first-order valence-electron chi connectivity index (χ1n) is 24.3. The fourth-order valence-corrected chi connectivity index (χ4v) is 10.5. The number of amides is 4. The number of methoxy groups -OCH3 is 1. The van der Waals surface area contributed by atoms with E-state index in [-0.39, 0.29) is 49.6 Å². The summed E-state index contributed by atoms with van der Waals surface area (Å²) >= 11 is 0. The van der Waals surface area contributed by atoms with Crippen LogP contribution in [0.2, 0.25) is 0 Å². The van der Waals surface area contributed by atoms with E-state index in [2.05, 4.69) is 92.0 Å². The Balaban J connectivity index is 1.31. The van der Waals surface area contributed by atoms with E-state index in [1.807, 2.05) is 26.0 Å². The summed E-state index contributed by atoms with van der Waals surface area (Å²) < 4.78 is 14.3. The summed E-state index contributed by atoms with van der Waals surface area (Å²) in [5, 5.41) is 16.8. The number of carbonyl (C=O) groups is 5. The van der Waals surface area contributed by atoms with Crippen LogP contribution in [0.3, 0.4) is 0 Å². The van der Waals surface area contributed by atoms with Gasteiger partial charge in [0.1, 0.15) is 23.9 Å². The van der Waals surface area contributed by atoms with E-state index in [9.17, 15) is 29.1 Å². The minimum absolute atomic E-state index is 0.00504. The zero-order chi connectivity index (χ0) is 49.9. The molecule has 3 aliphatic rings. The quantitative estimate of drug-likeness (QED) is 0.112. The lowest BCUT2D eigenvalue weighted by molar-refractivity contribution is -0.155. The van der Waals surface area contributed by atoms with Crippen molar-refractivity contribution in [3.63, 3.8) is 0 Å². The Bertz CT molecular complexity index is 2600. The van der Waals surface area contributed by atoms with Crippen LogP contribution < -0.4 is 10.7 Å². The number of cyclic esters (lactones) is 1. The van der Waals surface area contributed by atoms with Gasteiger partial charge in [0.15, 0.2) is 0 Å². The molecular weight excluding hydrogens is 875 g/mol. The van der Waals surface area contributed by atoms with Crippen LogP contribution in [0.1, 0.15) is 76.1 Å². The van der Waals surface area contributed by atoms with Gasteiger partial charge in [-0.15, -0.1) is 0 Å². The van der Waals surface area contributed by atoms with E-state index in [1.165, 1.54) is 21.5 Å². The molecule has 0 spiro atoms. The van der Waals surface area contributed by atoms with Gasteiger partial charge in [-0.25, -0.2) is 5.43 Å². The molecule has 4 atom stereocenters. The predicted molar refractivity (Wildman–Crippen MR) is 266 cm³/mol. The molecule has 0 aliphatic carbocycles. The number of aromatic nitrogens is 1. The van der Waals surface area contributed by atoms with Gasteiger partial charge in [0, 0.05) is 75.2 Å². The number of aryl methyl sites for hydroxylation is 1. The normalized spacial score (nSPS) is 20.2. The monoisotopic (exact) mass is 946 g/mol. The van der Waals surface area contributed by atoms with Crippen LogP contribution in [-0.4, -0.2) is 132 Å². The number of esters is 1. The third-order valence-electron chi connectivity index (χ3n) is 13.8. The maximum absolute atomic E-state index is 14.8. The first-order chi connectivity index (χ1) is 32.8. The number of hydrogen-bond donors (Lipinski definition) is 3.